The van der Waals surface area contributed by atoms with Crippen LogP contribution in [0.4, 0.5) is 23.0 Å². The first kappa shape index (κ1) is 25.8. The van der Waals surface area contributed by atoms with Crippen molar-refractivity contribution in [3.63, 3.8) is 0 Å². The Hall–Kier alpha value is -3.83. The number of ether oxygens (including phenoxy) is 1. The number of aromatic nitrogens is 3. The van der Waals surface area contributed by atoms with Crippen LogP contribution in [0.1, 0.15) is 12.1 Å². The van der Waals surface area contributed by atoms with Crippen LogP contribution in [-0.4, -0.2) is 74.4 Å². The molecule has 0 fully saturated rings. The lowest BCUT2D eigenvalue weighted by atomic mass is 10.0. The summed E-state index contributed by atoms with van der Waals surface area (Å²) in [5.74, 6) is 1.10. The number of nitrogen functional groups attached to an aromatic ring is 1. The summed E-state index contributed by atoms with van der Waals surface area (Å²) in [5.41, 5.74) is 11.4. The zero-order valence-corrected chi connectivity index (χ0v) is 22.9. The number of hydrogen-bond acceptors (Lipinski definition) is 9. The maximum absolute atomic E-state index is 13.0. The first-order valence-electron chi connectivity index (χ1n) is 12.5. The minimum Gasteiger partial charge on any atom is -0.494 e. The fourth-order valence-electron chi connectivity index (χ4n) is 4.94. The lowest BCUT2D eigenvalue weighted by molar-refractivity contribution is 0.413. The summed E-state index contributed by atoms with van der Waals surface area (Å²) in [7, 11) is 4.24. The van der Waals surface area contributed by atoms with Crippen LogP contribution in [0.25, 0.3) is 22.2 Å². The molecule has 200 valence electrons. The van der Waals surface area contributed by atoms with Crippen molar-refractivity contribution in [3.8, 4) is 17.0 Å². The van der Waals surface area contributed by atoms with Gasteiger partial charge in [-0.2, -0.15) is 0 Å². The van der Waals surface area contributed by atoms with Crippen LogP contribution in [0.5, 0.6) is 5.75 Å². The average molecular weight is 536 g/mol. The zero-order valence-electron chi connectivity index (χ0n) is 22.1. The van der Waals surface area contributed by atoms with Crippen LogP contribution in [-0.2, 0) is 16.4 Å². The Labute approximate surface area is 223 Å². The van der Waals surface area contributed by atoms with E-state index in [1.807, 2.05) is 63.6 Å². The summed E-state index contributed by atoms with van der Waals surface area (Å²) in [6.45, 7) is 1.70. The normalized spacial score (nSPS) is 14.4. The van der Waals surface area contributed by atoms with E-state index in [2.05, 4.69) is 20.1 Å². The Morgan fingerprint density at radius 1 is 1.13 bits per heavy atom. The molecule has 0 saturated heterocycles. The number of likely N-dealkylation sites (N-methyl/N-ethyl adjacent to an activating group) is 2. The van der Waals surface area contributed by atoms with Crippen LogP contribution in [0.3, 0.4) is 0 Å². The van der Waals surface area contributed by atoms with Crippen molar-refractivity contribution < 1.29 is 13.2 Å². The fourth-order valence-corrected chi connectivity index (χ4v) is 6.61. The van der Waals surface area contributed by atoms with Gasteiger partial charge in [0.05, 0.1) is 41.1 Å². The third-order valence-electron chi connectivity index (χ3n) is 6.82. The number of rotatable bonds is 8. The van der Waals surface area contributed by atoms with Crippen LogP contribution in [0.15, 0.2) is 48.7 Å². The summed E-state index contributed by atoms with van der Waals surface area (Å²) in [5, 5.41) is 4.10. The zero-order chi connectivity index (χ0) is 27.0. The monoisotopic (exact) mass is 535 g/mol. The summed E-state index contributed by atoms with van der Waals surface area (Å²) >= 11 is 0. The van der Waals surface area contributed by atoms with Crippen LogP contribution in [0, 0.1) is 0 Å². The maximum atomic E-state index is 13.0. The summed E-state index contributed by atoms with van der Waals surface area (Å²) in [6, 6.07) is 13.1. The largest absolute Gasteiger partial charge is 0.494 e. The molecule has 1 aliphatic rings. The second kappa shape index (κ2) is 10.1. The summed E-state index contributed by atoms with van der Waals surface area (Å²) in [6.07, 6.45) is 2.90. The number of nitrogens with two attached hydrogens (primary N) is 1. The van der Waals surface area contributed by atoms with Crippen LogP contribution >= 0.6 is 0 Å². The highest BCUT2D eigenvalue weighted by atomic mass is 32.2. The molecule has 2 aromatic heterocycles. The van der Waals surface area contributed by atoms with E-state index in [0.29, 0.717) is 47.1 Å². The predicted octanol–water partition coefficient (Wildman–Crippen LogP) is 3.55. The van der Waals surface area contributed by atoms with Crippen molar-refractivity contribution in [2.45, 2.75) is 12.8 Å². The minimum absolute atomic E-state index is 0.135. The molecule has 10 nitrogen and oxygen atoms in total. The number of para-hydroxylation sites is 1. The standard InChI is InChI=1S/C27H33N7O3S/c1-32(2)13-14-33(3)24-17-25(37-4)21(16-19(24)28)31-27-29-12-11-20(30-27)26-18-8-5-6-9-22(18)34-23(26)10-7-15-38(34,35)36/h5-6,8-9,11-12,16-17H,7,10,13-15,28H2,1-4H3,(H,29,30,31). The molecular formula is C27H33N7O3S. The Morgan fingerprint density at radius 3 is 2.68 bits per heavy atom. The van der Waals surface area contributed by atoms with Crippen molar-refractivity contribution in [3.05, 3.63) is 54.4 Å². The molecule has 4 aromatic rings. The molecule has 0 bridgehead atoms. The lowest BCUT2D eigenvalue weighted by Gasteiger charge is -2.24. The van der Waals surface area contributed by atoms with E-state index in [9.17, 15) is 8.42 Å². The van der Waals surface area contributed by atoms with Gasteiger partial charge in [0.2, 0.25) is 16.0 Å². The highest BCUT2D eigenvalue weighted by Crippen LogP contribution is 2.39. The van der Waals surface area contributed by atoms with Gasteiger partial charge in [0.15, 0.2) is 0 Å². The van der Waals surface area contributed by atoms with E-state index in [-0.39, 0.29) is 5.75 Å². The second-order valence-electron chi connectivity index (χ2n) is 9.75. The Morgan fingerprint density at radius 2 is 1.92 bits per heavy atom. The molecule has 38 heavy (non-hydrogen) atoms. The minimum atomic E-state index is -3.43. The topological polar surface area (TPSA) is 119 Å². The van der Waals surface area contributed by atoms with Crippen molar-refractivity contribution >= 4 is 43.9 Å². The molecule has 0 unspecified atom stereocenters. The second-order valence-corrected chi connectivity index (χ2v) is 11.7. The van der Waals surface area contributed by atoms with Crippen LogP contribution < -0.4 is 20.7 Å². The molecule has 1 aliphatic heterocycles. The van der Waals surface area contributed by atoms with Crippen molar-refractivity contribution in [2.75, 3.05) is 63.0 Å². The van der Waals surface area contributed by atoms with E-state index in [1.54, 1.807) is 13.3 Å². The number of nitrogens with zero attached hydrogens (tertiary/aromatic N) is 5. The molecule has 3 N–H and O–H groups in total. The number of hydrogen-bond donors (Lipinski definition) is 2. The maximum Gasteiger partial charge on any atom is 0.239 e. The lowest BCUT2D eigenvalue weighted by Crippen LogP contribution is -2.29. The number of methoxy groups -OCH3 is 1. The molecule has 2 aromatic carbocycles. The number of fused-ring (bicyclic) bond motifs is 3. The highest BCUT2D eigenvalue weighted by molar-refractivity contribution is 7.90. The van der Waals surface area contributed by atoms with Crippen molar-refractivity contribution in [1.29, 1.82) is 0 Å². The molecule has 0 aliphatic carbocycles. The summed E-state index contributed by atoms with van der Waals surface area (Å²) < 4.78 is 33.1. The Bertz CT molecular complexity index is 1600. The van der Waals surface area contributed by atoms with Crippen molar-refractivity contribution in [2.24, 2.45) is 0 Å². The van der Waals surface area contributed by atoms with E-state index in [0.717, 1.165) is 35.4 Å². The third-order valence-corrected chi connectivity index (χ3v) is 8.60. The predicted molar refractivity (Wildman–Crippen MR) is 153 cm³/mol. The molecule has 5 rings (SSSR count). The first-order valence-corrected chi connectivity index (χ1v) is 14.1. The molecule has 0 radical (unpaired) electrons. The van der Waals surface area contributed by atoms with Gasteiger partial charge in [-0.1, -0.05) is 18.2 Å². The number of benzene rings is 2. The van der Waals surface area contributed by atoms with Gasteiger partial charge >= 0.3 is 0 Å². The average Bonchev–Trinajstić information content (AvgIpc) is 3.23. The first-order chi connectivity index (χ1) is 18.2. The Balaban J connectivity index is 1.52. The third kappa shape index (κ3) is 4.74. The molecule has 0 amide bonds. The number of nitrogens with one attached hydrogen (secondary N) is 1. The van der Waals surface area contributed by atoms with E-state index in [4.69, 9.17) is 15.5 Å². The summed E-state index contributed by atoms with van der Waals surface area (Å²) in [4.78, 5) is 13.4. The van der Waals surface area contributed by atoms with Gasteiger partial charge < -0.3 is 25.6 Å². The Kier molecular flexibility index (Phi) is 6.89. The van der Waals surface area contributed by atoms with Gasteiger partial charge in [-0.25, -0.2) is 22.4 Å². The van der Waals surface area contributed by atoms with E-state index in [1.165, 1.54) is 3.97 Å². The molecule has 11 heteroatoms. The SMILES string of the molecule is COc1cc(N(C)CCN(C)C)c(N)cc1Nc1nccc(-c2c3n(c4ccccc24)S(=O)(=O)CCC3)n1. The van der Waals surface area contributed by atoms with E-state index >= 15 is 0 Å². The number of anilines is 4. The quantitative estimate of drug-likeness (QED) is 0.327. The van der Waals surface area contributed by atoms with Gasteiger partial charge in [0.1, 0.15) is 5.75 Å². The smallest absolute Gasteiger partial charge is 0.239 e. The molecular weight excluding hydrogens is 502 g/mol. The molecule has 0 saturated carbocycles. The van der Waals surface area contributed by atoms with Crippen LogP contribution in [0.2, 0.25) is 0 Å². The highest BCUT2D eigenvalue weighted by Gasteiger charge is 2.30. The van der Waals surface area contributed by atoms with Gasteiger partial charge in [0.25, 0.3) is 0 Å². The van der Waals surface area contributed by atoms with Gasteiger partial charge in [0, 0.05) is 49.0 Å². The van der Waals surface area contributed by atoms with Gasteiger partial charge in [-0.05, 0) is 45.1 Å². The fraction of sp³-hybridized carbons (Fsp3) is 0.333. The van der Waals surface area contributed by atoms with Gasteiger partial charge in [-0.3, -0.25) is 0 Å². The molecule has 0 atom stereocenters. The van der Waals surface area contributed by atoms with E-state index < -0.39 is 10.0 Å². The van der Waals surface area contributed by atoms with Gasteiger partial charge in [-0.15, -0.1) is 0 Å². The van der Waals surface area contributed by atoms with Crippen molar-refractivity contribution in [1.82, 2.24) is 18.8 Å². The molecule has 0 spiro atoms. The molecule has 3 heterocycles.